The smallest absolute Gasteiger partial charge is 0.213 e. The number of hydrogen-bond acceptors (Lipinski definition) is 6. The van der Waals surface area contributed by atoms with Gasteiger partial charge in [0.2, 0.25) is 9.84 Å². The molecule has 2 aromatic rings. The second-order valence-electron chi connectivity index (χ2n) is 5.22. The number of nitrogens with two attached hydrogens (primary N) is 1. The summed E-state index contributed by atoms with van der Waals surface area (Å²) >= 11 is 0. The number of anilines is 2. The van der Waals surface area contributed by atoms with Gasteiger partial charge in [0.1, 0.15) is 5.82 Å². The van der Waals surface area contributed by atoms with E-state index in [0.717, 1.165) is 13.0 Å². The van der Waals surface area contributed by atoms with Crippen molar-refractivity contribution in [3.05, 3.63) is 30.3 Å². The second-order valence-corrected chi connectivity index (χ2v) is 7.10. The van der Waals surface area contributed by atoms with Crippen molar-refractivity contribution in [1.82, 2.24) is 15.1 Å². The first-order chi connectivity index (χ1) is 10.4. The molecular weight excluding hydrogens is 302 g/mol. The third-order valence-corrected chi connectivity index (χ3v) is 4.99. The number of nitrogens with one attached hydrogen (secondary N) is 2. The summed E-state index contributed by atoms with van der Waals surface area (Å²) in [5.41, 5.74) is 5.77. The van der Waals surface area contributed by atoms with Gasteiger partial charge in [0.05, 0.1) is 4.90 Å². The summed E-state index contributed by atoms with van der Waals surface area (Å²) in [4.78, 5) is 2.25. The lowest BCUT2D eigenvalue weighted by atomic mass is 10.4. The highest BCUT2D eigenvalue weighted by Gasteiger charge is 2.26. The van der Waals surface area contributed by atoms with Crippen LogP contribution in [0.5, 0.6) is 0 Å². The zero-order valence-electron chi connectivity index (χ0n) is 12.7. The first-order valence-electron chi connectivity index (χ1n) is 6.95. The van der Waals surface area contributed by atoms with Crippen LogP contribution in [0.4, 0.5) is 11.6 Å². The van der Waals surface area contributed by atoms with Gasteiger partial charge in [-0.2, -0.15) is 5.10 Å². The molecule has 2 rings (SSSR count). The van der Waals surface area contributed by atoms with Crippen LogP contribution in [-0.2, 0) is 9.84 Å². The molecule has 8 heteroatoms. The molecule has 22 heavy (non-hydrogen) atoms. The first kappa shape index (κ1) is 16.3. The number of rotatable bonds is 7. The Morgan fingerprint density at radius 1 is 1.27 bits per heavy atom. The summed E-state index contributed by atoms with van der Waals surface area (Å²) < 4.78 is 25.4. The van der Waals surface area contributed by atoms with Gasteiger partial charge in [-0.3, -0.25) is 5.10 Å². The van der Waals surface area contributed by atoms with Gasteiger partial charge in [0.15, 0.2) is 10.7 Å². The van der Waals surface area contributed by atoms with E-state index in [1.807, 2.05) is 14.1 Å². The van der Waals surface area contributed by atoms with Crippen molar-refractivity contribution < 1.29 is 8.42 Å². The Kier molecular flexibility index (Phi) is 5.04. The van der Waals surface area contributed by atoms with Gasteiger partial charge in [-0.15, -0.1) is 0 Å². The summed E-state index contributed by atoms with van der Waals surface area (Å²) in [7, 11) is 0.266. The van der Waals surface area contributed by atoms with Crippen molar-refractivity contribution in [3.8, 4) is 0 Å². The zero-order chi connectivity index (χ0) is 16.2. The highest BCUT2D eigenvalue weighted by molar-refractivity contribution is 7.91. The Morgan fingerprint density at radius 2 is 1.95 bits per heavy atom. The fourth-order valence-electron chi connectivity index (χ4n) is 2.06. The molecule has 0 aliphatic carbocycles. The molecule has 0 radical (unpaired) electrons. The fourth-order valence-corrected chi connectivity index (χ4v) is 3.52. The molecule has 1 heterocycles. The molecule has 1 aromatic carbocycles. The van der Waals surface area contributed by atoms with E-state index in [1.165, 1.54) is 12.1 Å². The standard InChI is InChI=1S/C14H21N5O2S/c1-19(2)10-6-9-16-14-12(13(15)17-18-14)22(20,21)11-7-4-3-5-8-11/h3-5,7-8H,6,9-10H2,1-2H3,(H4,15,16,17,18). The first-order valence-corrected chi connectivity index (χ1v) is 8.44. The predicted octanol–water partition coefficient (Wildman–Crippen LogP) is 1.19. The van der Waals surface area contributed by atoms with Crippen molar-refractivity contribution in [1.29, 1.82) is 0 Å². The van der Waals surface area contributed by atoms with Gasteiger partial charge in [0.25, 0.3) is 0 Å². The van der Waals surface area contributed by atoms with Gasteiger partial charge >= 0.3 is 0 Å². The molecule has 4 N–H and O–H groups in total. The highest BCUT2D eigenvalue weighted by atomic mass is 32.2. The number of aromatic amines is 1. The van der Waals surface area contributed by atoms with E-state index in [4.69, 9.17) is 5.73 Å². The maximum absolute atomic E-state index is 12.7. The van der Waals surface area contributed by atoms with Gasteiger partial charge in [-0.25, -0.2) is 8.42 Å². The molecule has 1 aromatic heterocycles. The molecule has 7 nitrogen and oxygen atoms in total. The number of hydrogen-bond donors (Lipinski definition) is 3. The lowest BCUT2D eigenvalue weighted by Crippen LogP contribution is -2.17. The second kappa shape index (κ2) is 6.80. The van der Waals surface area contributed by atoms with Gasteiger partial charge in [-0.1, -0.05) is 18.2 Å². The van der Waals surface area contributed by atoms with Crippen molar-refractivity contribution in [3.63, 3.8) is 0 Å². The topological polar surface area (TPSA) is 104 Å². The molecule has 0 unspecified atom stereocenters. The van der Waals surface area contributed by atoms with Gasteiger partial charge < -0.3 is 16.0 Å². The quantitative estimate of drug-likeness (QED) is 0.661. The summed E-state index contributed by atoms with van der Waals surface area (Å²) in [5, 5.41) is 9.55. The van der Waals surface area contributed by atoms with Crippen LogP contribution in [0, 0.1) is 0 Å². The third-order valence-electron chi connectivity index (χ3n) is 3.14. The molecule has 0 aliphatic heterocycles. The Hall–Kier alpha value is -2.06. The molecule has 0 bridgehead atoms. The van der Waals surface area contributed by atoms with Crippen molar-refractivity contribution in [2.45, 2.75) is 16.2 Å². The average molecular weight is 323 g/mol. The minimum Gasteiger partial charge on any atom is -0.383 e. The fraction of sp³-hybridized carbons (Fsp3) is 0.357. The summed E-state index contributed by atoms with van der Waals surface area (Å²) in [6.07, 6.45) is 0.866. The molecule has 0 fully saturated rings. The van der Waals surface area contributed by atoms with E-state index in [1.54, 1.807) is 18.2 Å². The van der Waals surface area contributed by atoms with Gasteiger partial charge in [0, 0.05) is 6.54 Å². The number of benzene rings is 1. The van der Waals surface area contributed by atoms with E-state index in [2.05, 4.69) is 20.4 Å². The van der Waals surface area contributed by atoms with Crippen LogP contribution < -0.4 is 11.1 Å². The maximum atomic E-state index is 12.7. The van der Waals surface area contributed by atoms with Crippen LogP contribution in [0.25, 0.3) is 0 Å². The Labute approximate surface area is 130 Å². The number of aromatic nitrogens is 2. The largest absolute Gasteiger partial charge is 0.383 e. The Balaban J connectivity index is 2.23. The van der Waals surface area contributed by atoms with Crippen molar-refractivity contribution in [2.24, 2.45) is 0 Å². The third kappa shape index (κ3) is 3.58. The molecule has 120 valence electrons. The number of sulfone groups is 1. The number of H-pyrrole nitrogens is 1. The average Bonchev–Trinajstić information content (AvgIpc) is 2.86. The minimum absolute atomic E-state index is 0.00329. The normalized spacial score (nSPS) is 11.8. The molecule has 0 saturated carbocycles. The zero-order valence-corrected chi connectivity index (χ0v) is 13.5. The molecule has 0 amide bonds. The van der Waals surface area contributed by atoms with E-state index in [-0.39, 0.29) is 21.4 Å². The molecular formula is C14H21N5O2S. The highest BCUT2D eigenvalue weighted by Crippen LogP contribution is 2.30. The molecule has 0 spiro atoms. The number of nitrogens with zero attached hydrogens (tertiary/aromatic N) is 2. The summed E-state index contributed by atoms with van der Waals surface area (Å²) in [6.45, 7) is 1.51. The number of nitrogen functional groups attached to an aromatic ring is 1. The summed E-state index contributed by atoms with van der Waals surface area (Å²) in [5.74, 6) is 0.305. The molecule has 0 aliphatic rings. The minimum atomic E-state index is -3.70. The monoisotopic (exact) mass is 323 g/mol. The van der Waals surface area contributed by atoms with E-state index >= 15 is 0 Å². The predicted molar refractivity (Wildman–Crippen MR) is 86.6 cm³/mol. The van der Waals surface area contributed by atoms with Crippen LogP contribution >= 0.6 is 0 Å². The molecule has 0 atom stereocenters. The van der Waals surface area contributed by atoms with Crippen LogP contribution in [0.1, 0.15) is 6.42 Å². The Morgan fingerprint density at radius 3 is 2.59 bits per heavy atom. The van der Waals surface area contributed by atoms with Crippen LogP contribution in [-0.4, -0.2) is 50.7 Å². The van der Waals surface area contributed by atoms with Crippen molar-refractivity contribution in [2.75, 3.05) is 38.2 Å². The van der Waals surface area contributed by atoms with Crippen LogP contribution in [0.2, 0.25) is 0 Å². The van der Waals surface area contributed by atoms with Crippen molar-refractivity contribution >= 4 is 21.5 Å². The SMILES string of the molecule is CN(C)CCCNc1n[nH]c(N)c1S(=O)(=O)c1ccccc1. The van der Waals surface area contributed by atoms with Crippen LogP contribution in [0.3, 0.4) is 0 Å². The van der Waals surface area contributed by atoms with Gasteiger partial charge in [-0.05, 0) is 39.2 Å². The summed E-state index contributed by atoms with van der Waals surface area (Å²) in [6, 6.07) is 8.19. The van der Waals surface area contributed by atoms with E-state index in [0.29, 0.717) is 6.54 Å². The lowest BCUT2D eigenvalue weighted by molar-refractivity contribution is 0.405. The van der Waals surface area contributed by atoms with E-state index in [9.17, 15) is 8.42 Å². The Bertz CT molecular complexity index is 710. The lowest BCUT2D eigenvalue weighted by Gasteiger charge is -2.10. The van der Waals surface area contributed by atoms with Crippen LogP contribution in [0.15, 0.2) is 40.1 Å². The van der Waals surface area contributed by atoms with E-state index < -0.39 is 9.84 Å². The molecule has 0 saturated heterocycles. The maximum Gasteiger partial charge on any atom is 0.213 e.